The van der Waals surface area contributed by atoms with Gasteiger partial charge in [-0.3, -0.25) is 4.57 Å². The Hall–Kier alpha value is -3.63. The predicted octanol–water partition coefficient (Wildman–Crippen LogP) is 2.63. The number of hydrogen-bond acceptors (Lipinski definition) is 10. The second kappa shape index (κ2) is 9.98. The minimum absolute atomic E-state index is 0.252. The van der Waals surface area contributed by atoms with Gasteiger partial charge in [0.1, 0.15) is 29.9 Å². The molecular weight excluding hydrogens is 534 g/mol. The van der Waals surface area contributed by atoms with E-state index in [1.807, 2.05) is 0 Å². The predicted molar refractivity (Wildman–Crippen MR) is 155 cm³/mol. The highest BCUT2D eigenvalue weighted by Gasteiger charge is 2.47. The van der Waals surface area contributed by atoms with Crippen molar-refractivity contribution in [3.05, 3.63) is 42.2 Å². The number of H-pyrrole nitrogens is 1. The third-order valence-corrected chi connectivity index (χ3v) is 9.38. The van der Waals surface area contributed by atoms with Crippen LogP contribution in [0.2, 0.25) is 0 Å². The van der Waals surface area contributed by atoms with Gasteiger partial charge in [-0.15, -0.1) is 0 Å². The Morgan fingerprint density at radius 2 is 2.02 bits per heavy atom. The minimum atomic E-state index is -1.13. The molecular formula is C30H37N9O3. The number of nitrogens with one attached hydrogen (secondary N) is 2. The Kier molecular flexibility index (Phi) is 6.47. The first-order valence-corrected chi connectivity index (χ1v) is 14.8. The van der Waals surface area contributed by atoms with Crippen LogP contribution >= 0.6 is 0 Å². The number of anilines is 1. The van der Waals surface area contributed by atoms with E-state index in [9.17, 15) is 15.5 Å². The molecule has 2 aliphatic carbocycles. The summed E-state index contributed by atoms with van der Waals surface area (Å²) >= 11 is 0. The van der Waals surface area contributed by atoms with Gasteiger partial charge in [0, 0.05) is 18.0 Å². The number of rotatable bonds is 9. The fraction of sp³-hybridized carbons (Fsp3) is 0.567. The van der Waals surface area contributed by atoms with E-state index < -0.39 is 24.5 Å². The Labute approximate surface area is 243 Å². The molecule has 12 heteroatoms. The summed E-state index contributed by atoms with van der Waals surface area (Å²) in [4.78, 5) is 20.7. The van der Waals surface area contributed by atoms with Crippen molar-refractivity contribution in [3.63, 3.8) is 0 Å². The second-order valence-corrected chi connectivity index (χ2v) is 13.0. The van der Waals surface area contributed by atoms with Crippen LogP contribution in [-0.4, -0.2) is 69.6 Å². The van der Waals surface area contributed by atoms with Crippen LogP contribution in [0.25, 0.3) is 22.2 Å². The third kappa shape index (κ3) is 4.80. The maximum Gasteiger partial charge on any atom is 0.167 e. The monoisotopic (exact) mass is 571 g/mol. The summed E-state index contributed by atoms with van der Waals surface area (Å²) in [6.07, 6.45) is 5.84. The topological polar surface area (TPSA) is 184 Å². The zero-order valence-corrected chi connectivity index (χ0v) is 23.9. The number of aliphatic hydroxyl groups is 2. The standard InChI is InChI=1S/C30H37N9O3/c1-29(2,12-21-24(40)25(41)28(42-21)39-15-35-23-26(32)33-14-34-27(23)39)38-18-9-16(10-18)3-6-22-36-19-5-4-17(11-20(19)37-22)30(13-31)7-8-30/h4-5,11,14-16,18,21,24-25,28,38,40-41H,3,6-10,12H2,1-2H3,(H,36,37)(H2,32,33,34)/t16?,18?,21-,24-,25-,28-/m1/s1. The summed E-state index contributed by atoms with van der Waals surface area (Å²) in [6, 6.07) is 9.05. The zero-order valence-electron chi connectivity index (χ0n) is 23.9. The number of aliphatic hydroxyl groups excluding tert-OH is 2. The molecule has 4 atom stereocenters. The Bertz CT molecular complexity index is 1660. The van der Waals surface area contributed by atoms with E-state index in [1.165, 1.54) is 12.7 Å². The van der Waals surface area contributed by atoms with Crippen molar-refractivity contribution in [2.24, 2.45) is 5.92 Å². The molecule has 3 fully saturated rings. The molecule has 1 saturated heterocycles. The maximum absolute atomic E-state index is 10.8. The van der Waals surface area contributed by atoms with Crippen LogP contribution in [0.3, 0.4) is 0 Å². The smallest absolute Gasteiger partial charge is 0.167 e. The van der Waals surface area contributed by atoms with Crippen molar-refractivity contribution in [2.75, 3.05) is 5.73 Å². The maximum atomic E-state index is 10.8. The van der Waals surface area contributed by atoms with Crippen molar-refractivity contribution < 1.29 is 14.9 Å². The van der Waals surface area contributed by atoms with Crippen LogP contribution in [0.4, 0.5) is 5.82 Å². The highest BCUT2D eigenvalue weighted by atomic mass is 16.6. The average molecular weight is 572 g/mol. The molecule has 3 aliphatic rings. The van der Waals surface area contributed by atoms with Gasteiger partial charge < -0.3 is 31.0 Å². The highest BCUT2D eigenvalue weighted by molar-refractivity contribution is 5.81. The van der Waals surface area contributed by atoms with Gasteiger partial charge in [-0.05, 0) is 76.0 Å². The molecule has 4 aromatic rings. The molecule has 220 valence electrons. The number of nitriles is 1. The van der Waals surface area contributed by atoms with Gasteiger partial charge in [-0.2, -0.15) is 5.26 Å². The van der Waals surface area contributed by atoms with Gasteiger partial charge in [-0.25, -0.2) is 19.9 Å². The number of hydrogen-bond donors (Lipinski definition) is 5. The van der Waals surface area contributed by atoms with Crippen LogP contribution in [0.15, 0.2) is 30.9 Å². The number of aromatic nitrogens is 6. The van der Waals surface area contributed by atoms with E-state index in [0.717, 1.165) is 60.9 Å². The van der Waals surface area contributed by atoms with Crippen molar-refractivity contribution >= 4 is 28.0 Å². The number of aryl methyl sites for hydroxylation is 1. The van der Waals surface area contributed by atoms with Gasteiger partial charge in [0.15, 0.2) is 17.7 Å². The van der Waals surface area contributed by atoms with E-state index in [2.05, 4.69) is 63.4 Å². The molecule has 7 rings (SSSR count). The van der Waals surface area contributed by atoms with Crippen LogP contribution in [0, 0.1) is 17.2 Å². The van der Waals surface area contributed by atoms with Crippen LogP contribution in [0.5, 0.6) is 0 Å². The van der Waals surface area contributed by atoms with E-state index in [4.69, 9.17) is 15.5 Å². The summed E-state index contributed by atoms with van der Waals surface area (Å²) in [5.74, 6) is 1.88. The Morgan fingerprint density at radius 3 is 2.79 bits per heavy atom. The van der Waals surface area contributed by atoms with Crippen molar-refractivity contribution in [1.29, 1.82) is 5.26 Å². The molecule has 0 unspecified atom stereocenters. The molecule has 0 spiro atoms. The number of nitrogen functional groups attached to an aromatic ring is 1. The molecule has 1 aliphatic heterocycles. The summed E-state index contributed by atoms with van der Waals surface area (Å²) < 4.78 is 7.78. The molecule has 3 aromatic heterocycles. The largest absolute Gasteiger partial charge is 0.388 e. The van der Waals surface area contributed by atoms with E-state index in [1.54, 1.807) is 4.57 Å². The molecule has 0 amide bonds. The van der Waals surface area contributed by atoms with E-state index in [0.29, 0.717) is 29.5 Å². The minimum Gasteiger partial charge on any atom is -0.388 e. The molecule has 6 N–H and O–H groups in total. The first-order valence-electron chi connectivity index (χ1n) is 14.8. The molecule has 4 heterocycles. The van der Waals surface area contributed by atoms with Crippen molar-refractivity contribution in [3.8, 4) is 6.07 Å². The molecule has 42 heavy (non-hydrogen) atoms. The SMILES string of the molecule is CC(C)(C[C@H]1O[C@@H](n2cnc3c(N)ncnc32)[C@H](O)[C@@H]1O)NC1CC(CCc2nc3cc(C4(C#N)CC4)ccc3[nH]2)C1. The molecule has 0 radical (unpaired) electrons. The lowest BCUT2D eigenvalue weighted by Gasteiger charge is -2.42. The summed E-state index contributed by atoms with van der Waals surface area (Å²) in [6.45, 7) is 4.22. The van der Waals surface area contributed by atoms with Crippen molar-refractivity contribution in [1.82, 2.24) is 34.8 Å². The van der Waals surface area contributed by atoms with Gasteiger partial charge in [-0.1, -0.05) is 6.07 Å². The Morgan fingerprint density at radius 1 is 1.21 bits per heavy atom. The first kappa shape index (κ1) is 27.2. The van der Waals surface area contributed by atoms with Crippen LogP contribution < -0.4 is 11.1 Å². The summed E-state index contributed by atoms with van der Waals surface area (Å²) in [5, 5.41) is 34.9. The van der Waals surface area contributed by atoms with Gasteiger partial charge in [0.05, 0.1) is 34.9 Å². The lowest BCUT2D eigenvalue weighted by atomic mass is 9.76. The van der Waals surface area contributed by atoms with E-state index >= 15 is 0 Å². The fourth-order valence-corrected chi connectivity index (χ4v) is 6.79. The zero-order chi connectivity index (χ0) is 29.2. The van der Waals surface area contributed by atoms with E-state index in [-0.39, 0.29) is 16.8 Å². The number of aromatic amines is 1. The quantitative estimate of drug-likeness (QED) is 0.200. The van der Waals surface area contributed by atoms with Gasteiger partial charge >= 0.3 is 0 Å². The van der Waals surface area contributed by atoms with Crippen molar-refractivity contribution in [2.45, 2.75) is 100 Å². The number of benzene rings is 1. The molecule has 0 bridgehead atoms. The Balaban J connectivity index is 0.909. The number of nitrogens with zero attached hydrogens (tertiary/aromatic N) is 6. The number of fused-ring (bicyclic) bond motifs is 2. The fourth-order valence-electron chi connectivity index (χ4n) is 6.79. The van der Waals surface area contributed by atoms with Gasteiger partial charge in [0.25, 0.3) is 0 Å². The molecule has 12 nitrogen and oxygen atoms in total. The highest BCUT2D eigenvalue weighted by Crippen LogP contribution is 2.48. The lowest BCUT2D eigenvalue weighted by Crippen LogP contribution is -2.53. The van der Waals surface area contributed by atoms with Crippen LogP contribution in [-0.2, 0) is 16.6 Å². The van der Waals surface area contributed by atoms with Crippen LogP contribution in [0.1, 0.15) is 70.0 Å². The molecule has 2 saturated carbocycles. The lowest BCUT2D eigenvalue weighted by molar-refractivity contribution is -0.0447. The number of imidazole rings is 2. The summed E-state index contributed by atoms with van der Waals surface area (Å²) in [7, 11) is 0. The average Bonchev–Trinajstić information content (AvgIpc) is 3.32. The molecule has 1 aromatic carbocycles. The number of nitrogens with two attached hydrogens (primary N) is 1. The second-order valence-electron chi connectivity index (χ2n) is 13.0. The number of ether oxygens (including phenoxy) is 1. The normalized spacial score (nSPS) is 28.6. The first-order chi connectivity index (χ1) is 20.1. The summed E-state index contributed by atoms with van der Waals surface area (Å²) in [5.41, 5.74) is 9.25. The third-order valence-electron chi connectivity index (χ3n) is 9.38. The van der Waals surface area contributed by atoms with Gasteiger partial charge in [0.2, 0.25) is 0 Å².